The normalized spacial score (nSPS) is 23.2. The van der Waals surface area contributed by atoms with Crippen LogP contribution in [0.2, 0.25) is 0 Å². The van der Waals surface area contributed by atoms with Crippen molar-refractivity contribution in [2.45, 2.75) is 33.6 Å². The minimum Gasteiger partial charge on any atom is -0.305 e. The van der Waals surface area contributed by atoms with E-state index >= 15 is 0 Å². The molecule has 0 aromatic carbocycles. The maximum Gasteiger partial charge on any atom is 0.0669 e. The van der Waals surface area contributed by atoms with Gasteiger partial charge >= 0.3 is 0 Å². The number of nitriles is 1. The van der Waals surface area contributed by atoms with Crippen molar-refractivity contribution in [1.29, 1.82) is 5.26 Å². The highest BCUT2D eigenvalue weighted by Gasteiger charge is 2.15. The van der Waals surface area contributed by atoms with Crippen LogP contribution < -0.4 is 0 Å². The molecule has 1 aliphatic rings. The van der Waals surface area contributed by atoms with Crippen LogP contribution in [-0.2, 0) is 0 Å². The van der Waals surface area contributed by atoms with Gasteiger partial charge in [-0.1, -0.05) is 20.8 Å². The van der Waals surface area contributed by atoms with Gasteiger partial charge in [0, 0.05) is 6.54 Å². The third-order valence-electron chi connectivity index (χ3n) is 1.81. The molecule has 2 heteroatoms. The van der Waals surface area contributed by atoms with Crippen LogP contribution in [0.15, 0.2) is 0 Å². The van der Waals surface area contributed by atoms with Crippen LogP contribution in [0.5, 0.6) is 0 Å². The van der Waals surface area contributed by atoms with Crippen LogP contribution in [0.4, 0.5) is 0 Å². The molecule has 0 bridgehead atoms. The minimum atomic E-state index is 0.295. The van der Waals surface area contributed by atoms with Gasteiger partial charge in [-0.05, 0) is 32.4 Å². The van der Waals surface area contributed by atoms with E-state index in [4.69, 9.17) is 5.26 Å². The lowest BCUT2D eigenvalue weighted by Crippen LogP contribution is -2.31. The van der Waals surface area contributed by atoms with Gasteiger partial charge in [0.1, 0.15) is 0 Å². The largest absolute Gasteiger partial charge is 0.305 e. The molecule has 1 heterocycles. The summed E-state index contributed by atoms with van der Waals surface area (Å²) in [5, 5.41) is 8.53. The molecular formula is C11H22N2. The molecule has 0 amide bonds. The number of piperidine rings is 1. The molecule has 0 aliphatic carbocycles. The molecule has 0 spiro atoms. The van der Waals surface area contributed by atoms with E-state index in [1.165, 1.54) is 6.42 Å². The summed E-state index contributed by atoms with van der Waals surface area (Å²) in [5.41, 5.74) is 0. The molecule has 0 N–H and O–H groups in total. The highest BCUT2D eigenvalue weighted by Crippen LogP contribution is 2.12. The lowest BCUT2D eigenvalue weighted by atomic mass is 10.0. The van der Waals surface area contributed by atoms with Crippen LogP contribution >= 0.6 is 0 Å². The highest BCUT2D eigenvalue weighted by atomic mass is 15.1. The Kier molecular flexibility index (Phi) is 6.62. The fourth-order valence-corrected chi connectivity index (χ4v) is 1.27. The van der Waals surface area contributed by atoms with Crippen molar-refractivity contribution in [1.82, 2.24) is 4.90 Å². The van der Waals surface area contributed by atoms with E-state index in [2.05, 4.69) is 38.8 Å². The van der Waals surface area contributed by atoms with Gasteiger partial charge < -0.3 is 4.90 Å². The number of nitrogens with zero attached hydrogens (tertiary/aromatic N) is 2. The Bertz CT molecular complexity index is 155. The molecule has 1 atom stereocenters. The minimum absolute atomic E-state index is 0.295. The quantitative estimate of drug-likeness (QED) is 0.575. The second kappa shape index (κ2) is 6.91. The molecule has 2 nitrogen and oxygen atoms in total. The van der Waals surface area contributed by atoms with Gasteiger partial charge in [0.25, 0.3) is 0 Å². The average Bonchev–Trinajstić information content (AvgIpc) is 2.03. The third kappa shape index (κ3) is 7.80. The predicted octanol–water partition coefficient (Wildman–Crippen LogP) is 2.51. The zero-order chi connectivity index (χ0) is 10.3. The second-order valence-electron chi connectivity index (χ2n) is 4.46. The predicted molar refractivity (Wildman–Crippen MR) is 56.3 cm³/mol. The molecule has 1 fully saturated rings. The first kappa shape index (κ1) is 12.4. The number of likely N-dealkylation sites (tertiary alicyclic amines) is 1. The molecule has 0 saturated carbocycles. The van der Waals surface area contributed by atoms with Gasteiger partial charge in [-0.2, -0.15) is 5.26 Å². The summed E-state index contributed by atoms with van der Waals surface area (Å²) in [7, 11) is 2.07. The van der Waals surface area contributed by atoms with Crippen molar-refractivity contribution in [2.75, 3.05) is 20.1 Å². The van der Waals surface area contributed by atoms with E-state index < -0.39 is 0 Å². The van der Waals surface area contributed by atoms with Crippen molar-refractivity contribution < 1.29 is 0 Å². The maximum absolute atomic E-state index is 8.53. The highest BCUT2D eigenvalue weighted by molar-refractivity contribution is 4.87. The van der Waals surface area contributed by atoms with Gasteiger partial charge in [-0.15, -0.1) is 0 Å². The lowest BCUT2D eigenvalue weighted by molar-refractivity contribution is 0.241. The van der Waals surface area contributed by atoms with Gasteiger partial charge in [0.05, 0.1) is 12.0 Å². The Morgan fingerprint density at radius 3 is 2.23 bits per heavy atom. The summed E-state index contributed by atoms with van der Waals surface area (Å²) in [6, 6.07) is 2.29. The Morgan fingerprint density at radius 1 is 1.38 bits per heavy atom. The summed E-state index contributed by atoms with van der Waals surface area (Å²) in [4.78, 5) is 2.22. The maximum atomic E-state index is 8.53. The van der Waals surface area contributed by atoms with E-state index in [-0.39, 0.29) is 0 Å². The molecule has 1 saturated heterocycles. The average molecular weight is 182 g/mol. The molecule has 0 radical (unpaired) electrons. The van der Waals surface area contributed by atoms with Crippen LogP contribution in [0.25, 0.3) is 0 Å². The van der Waals surface area contributed by atoms with Crippen LogP contribution in [0, 0.1) is 23.2 Å². The number of rotatable bonds is 0. The smallest absolute Gasteiger partial charge is 0.0669 e. The standard InChI is InChI=1S/C7H12N2.C4H10/c1-9-4-2-3-7(5-8)6-9;1-4(2)3/h7H,2-4,6H2,1H3;4H,1-3H3. The summed E-state index contributed by atoms with van der Waals surface area (Å²) in [6.45, 7) is 8.63. The van der Waals surface area contributed by atoms with Gasteiger partial charge in [-0.25, -0.2) is 0 Å². The fourth-order valence-electron chi connectivity index (χ4n) is 1.27. The van der Waals surface area contributed by atoms with E-state index in [0.717, 1.165) is 25.4 Å². The van der Waals surface area contributed by atoms with E-state index in [1.54, 1.807) is 0 Å². The Balaban J connectivity index is 0.000000310. The number of hydrogen-bond acceptors (Lipinski definition) is 2. The zero-order valence-electron chi connectivity index (χ0n) is 9.38. The summed E-state index contributed by atoms with van der Waals surface area (Å²) >= 11 is 0. The summed E-state index contributed by atoms with van der Waals surface area (Å²) < 4.78 is 0. The Morgan fingerprint density at radius 2 is 1.92 bits per heavy atom. The van der Waals surface area contributed by atoms with Crippen LogP contribution in [0.3, 0.4) is 0 Å². The molecular weight excluding hydrogens is 160 g/mol. The first-order valence-corrected chi connectivity index (χ1v) is 5.14. The lowest BCUT2D eigenvalue weighted by Gasteiger charge is -2.24. The van der Waals surface area contributed by atoms with Crippen molar-refractivity contribution in [3.63, 3.8) is 0 Å². The van der Waals surface area contributed by atoms with Gasteiger partial charge in [0.2, 0.25) is 0 Å². The molecule has 1 rings (SSSR count). The second-order valence-corrected chi connectivity index (χ2v) is 4.46. The zero-order valence-corrected chi connectivity index (χ0v) is 9.38. The van der Waals surface area contributed by atoms with Crippen molar-refractivity contribution in [3.8, 4) is 6.07 Å². The monoisotopic (exact) mass is 182 g/mol. The third-order valence-corrected chi connectivity index (χ3v) is 1.81. The van der Waals surface area contributed by atoms with Crippen LogP contribution in [-0.4, -0.2) is 25.0 Å². The summed E-state index contributed by atoms with van der Waals surface area (Å²) in [6.07, 6.45) is 2.29. The number of hydrogen-bond donors (Lipinski definition) is 0. The van der Waals surface area contributed by atoms with Crippen LogP contribution in [0.1, 0.15) is 33.6 Å². The molecule has 76 valence electrons. The van der Waals surface area contributed by atoms with Gasteiger partial charge in [0.15, 0.2) is 0 Å². The van der Waals surface area contributed by atoms with Crippen molar-refractivity contribution in [3.05, 3.63) is 0 Å². The van der Waals surface area contributed by atoms with Crippen molar-refractivity contribution >= 4 is 0 Å². The molecule has 1 unspecified atom stereocenters. The Hall–Kier alpha value is -0.550. The Labute approximate surface area is 82.5 Å². The first-order chi connectivity index (χ1) is 6.06. The fraction of sp³-hybridized carbons (Fsp3) is 0.909. The summed E-state index contributed by atoms with van der Waals surface area (Å²) in [5.74, 6) is 1.13. The molecule has 1 aliphatic heterocycles. The van der Waals surface area contributed by atoms with Gasteiger partial charge in [-0.3, -0.25) is 0 Å². The van der Waals surface area contributed by atoms with Crippen molar-refractivity contribution in [2.24, 2.45) is 11.8 Å². The van der Waals surface area contributed by atoms with E-state index in [0.29, 0.717) is 5.92 Å². The van der Waals surface area contributed by atoms with E-state index in [9.17, 15) is 0 Å². The van der Waals surface area contributed by atoms with E-state index in [1.807, 2.05) is 0 Å². The molecule has 0 aromatic rings. The molecule has 13 heavy (non-hydrogen) atoms. The SMILES string of the molecule is CC(C)C.CN1CCCC(C#N)C1. The molecule has 0 aromatic heterocycles. The first-order valence-electron chi connectivity index (χ1n) is 5.14. The topological polar surface area (TPSA) is 27.0 Å².